The van der Waals surface area contributed by atoms with Crippen LogP contribution in [0.15, 0.2) is 23.2 Å². The fourth-order valence-electron chi connectivity index (χ4n) is 3.07. The maximum atomic E-state index is 5.38. The van der Waals surface area contributed by atoms with Gasteiger partial charge < -0.3 is 19.9 Å². The average molecular weight is 470 g/mol. The first kappa shape index (κ1) is 20.5. The Hall–Kier alpha value is -1.84. The van der Waals surface area contributed by atoms with Crippen LogP contribution >= 0.6 is 24.0 Å². The summed E-state index contributed by atoms with van der Waals surface area (Å²) >= 11 is 0. The van der Waals surface area contributed by atoms with Gasteiger partial charge in [-0.05, 0) is 37.0 Å². The van der Waals surface area contributed by atoms with Crippen LogP contribution in [0.2, 0.25) is 0 Å². The smallest absolute Gasteiger partial charge is 0.191 e. The highest BCUT2D eigenvalue weighted by Crippen LogP contribution is 2.19. The summed E-state index contributed by atoms with van der Waals surface area (Å²) in [5.41, 5.74) is 2.39. The Morgan fingerprint density at radius 3 is 2.92 bits per heavy atom. The molecule has 7 nitrogen and oxygen atoms in total. The lowest BCUT2D eigenvalue weighted by molar-refractivity contribution is 0.411. The predicted molar refractivity (Wildman–Crippen MR) is 113 cm³/mol. The number of fused-ring (bicyclic) bond motifs is 1. The zero-order valence-corrected chi connectivity index (χ0v) is 17.9. The van der Waals surface area contributed by atoms with E-state index in [-0.39, 0.29) is 24.0 Å². The Balaban J connectivity index is 0.00000243. The lowest BCUT2D eigenvalue weighted by atomic mass is 10.1. The Morgan fingerprint density at radius 1 is 1.31 bits per heavy atom. The van der Waals surface area contributed by atoms with Crippen molar-refractivity contribution < 1.29 is 4.74 Å². The van der Waals surface area contributed by atoms with Crippen molar-refractivity contribution in [3.63, 3.8) is 0 Å². The second kappa shape index (κ2) is 9.75. The van der Waals surface area contributed by atoms with Gasteiger partial charge in [0.25, 0.3) is 0 Å². The fraction of sp³-hybridized carbons (Fsp3) is 0.500. The van der Waals surface area contributed by atoms with Gasteiger partial charge >= 0.3 is 0 Å². The highest BCUT2D eigenvalue weighted by Gasteiger charge is 2.16. The van der Waals surface area contributed by atoms with E-state index in [0.29, 0.717) is 6.54 Å². The van der Waals surface area contributed by atoms with E-state index in [1.807, 2.05) is 6.92 Å². The molecule has 2 aromatic rings. The van der Waals surface area contributed by atoms with Gasteiger partial charge in [0, 0.05) is 26.6 Å². The normalized spacial score (nSPS) is 13.1. The molecule has 0 bridgehead atoms. The molecule has 0 fully saturated rings. The van der Waals surface area contributed by atoms with E-state index in [4.69, 9.17) is 4.74 Å². The summed E-state index contributed by atoms with van der Waals surface area (Å²) in [6.07, 6.45) is 3.09. The van der Waals surface area contributed by atoms with Gasteiger partial charge in [-0.1, -0.05) is 12.1 Å². The van der Waals surface area contributed by atoms with Crippen molar-refractivity contribution in [2.75, 3.05) is 20.7 Å². The van der Waals surface area contributed by atoms with Crippen molar-refractivity contribution in [2.45, 2.75) is 39.3 Å². The zero-order chi connectivity index (χ0) is 17.6. The molecular weight excluding hydrogens is 443 g/mol. The van der Waals surface area contributed by atoms with Gasteiger partial charge in [0.15, 0.2) is 11.8 Å². The van der Waals surface area contributed by atoms with Crippen LogP contribution in [0.1, 0.15) is 29.2 Å². The summed E-state index contributed by atoms with van der Waals surface area (Å²) in [4.78, 5) is 4.27. The quantitative estimate of drug-likeness (QED) is 0.384. The third-order valence-corrected chi connectivity index (χ3v) is 4.50. The van der Waals surface area contributed by atoms with E-state index in [0.717, 1.165) is 61.3 Å². The van der Waals surface area contributed by atoms with Crippen molar-refractivity contribution in [1.82, 2.24) is 25.4 Å². The van der Waals surface area contributed by atoms with Crippen LogP contribution in [0.4, 0.5) is 0 Å². The number of aromatic nitrogens is 3. The third kappa shape index (κ3) is 4.87. The van der Waals surface area contributed by atoms with Crippen molar-refractivity contribution >= 4 is 29.9 Å². The molecular formula is C18H27IN6O. The lowest BCUT2D eigenvalue weighted by Crippen LogP contribution is -2.38. The van der Waals surface area contributed by atoms with Crippen LogP contribution in [-0.2, 0) is 25.9 Å². The Bertz CT molecular complexity index is 758. The minimum atomic E-state index is 0. The molecule has 1 aromatic carbocycles. The van der Waals surface area contributed by atoms with E-state index in [2.05, 4.69) is 48.6 Å². The summed E-state index contributed by atoms with van der Waals surface area (Å²) in [5, 5.41) is 15.1. The topological polar surface area (TPSA) is 76.4 Å². The number of guanidine groups is 1. The van der Waals surface area contributed by atoms with Crippen LogP contribution in [0.3, 0.4) is 0 Å². The summed E-state index contributed by atoms with van der Waals surface area (Å²) in [6, 6.07) is 6.31. The fourth-order valence-corrected chi connectivity index (χ4v) is 3.07. The number of halogens is 1. The largest absolute Gasteiger partial charge is 0.496 e. The molecule has 142 valence electrons. The van der Waals surface area contributed by atoms with E-state index in [1.165, 1.54) is 5.56 Å². The molecule has 0 atom stereocenters. The average Bonchev–Trinajstić information content (AvgIpc) is 3.23. The number of aliphatic imine (C=N–C) groups is 1. The molecule has 26 heavy (non-hydrogen) atoms. The second-order valence-corrected chi connectivity index (χ2v) is 6.19. The number of nitrogens with zero attached hydrogens (tertiary/aromatic N) is 4. The van der Waals surface area contributed by atoms with Crippen LogP contribution < -0.4 is 15.4 Å². The van der Waals surface area contributed by atoms with Crippen molar-refractivity contribution in [2.24, 2.45) is 4.99 Å². The number of aryl methyl sites for hydroxylation is 2. The number of methoxy groups -OCH3 is 1. The molecule has 0 aliphatic carbocycles. The molecule has 0 unspecified atom stereocenters. The summed E-state index contributed by atoms with van der Waals surface area (Å²) in [5.74, 6) is 3.77. The summed E-state index contributed by atoms with van der Waals surface area (Å²) in [7, 11) is 3.48. The maximum absolute atomic E-state index is 5.38. The first-order valence-corrected chi connectivity index (χ1v) is 8.70. The monoisotopic (exact) mass is 470 g/mol. The molecule has 0 amide bonds. The van der Waals surface area contributed by atoms with Gasteiger partial charge in [-0.15, -0.1) is 34.2 Å². The minimum absolute atomic E-state index is 0. The molecule has 2 heterocycles. The highest BCUT2D eigenvalue weighted by molar-refractivity contribution is 14.0. The van der Waals surface area contributed by atoms with Crippen LogP contribution in [0.5, 0.6) is 5.75 Å². The molecule has 1 aliphatic heterocycles. The van der Waals surface area contributed by atoms with Crippen LogP contribution in [0, 0.1) is 6.92 Å². The predicted octanol–water partition coefficient (Wildman–Crippen LogP) is 2.07. The Kier molecular flexibility index (Phi) is 7.67. The van der Waals surface area contributed by atoms with Gasteiger partial charge in [-0.25, -0.2) is 0 Å². The van der Waals surface area contributed by atoms with Gasteiger partial charge in [0.2, 0.25) is 0 Å². The molecule has 0 spiro atoms. The van der Waals surface area contributed by atoms with Crippen LogP contribution in [0.25, 0.3) is 0 Å². The van der Waals surface area contributed by atoms with E-state index in [1.54, 1.807) is 14.2 Å². The molecule has 0 radical (unpaired) electrons. The van der Waals surface area contributed by atoms with Gasteiger partial charge in [-0.2, -0.15) is 0 Å². The molecule has 1 aliphatic rings. The number of hydrogen-bond donors (Lipinski definition) is 2. The van der Waals surface area contributed by atoms with Gasteiger partial charge in [0.1, 0.15) is 11.6 Å². The number of hydrogen-bond acceptors (Lipinski definition) is 4. The maximum Gasteiger partial charge on any atom is 0.191 e. The van der Waals surface area contributed by atoms with E-state index < -0.39 is 0 Å². The number of rotatable bonds is 6. The molecule has 3 rings (SSSR count). The van der Waals surface area contributed by atoms with Gasteiger partial charge in [0.05, 0.1) is 13.7 Å². The minimum Gasteiger partial charge on any atom is -0.496 e. The van der Waals surface area contributed by atoms with Crippen molar-refractivity contribution in [3.05, 3.63) is 41.0 Å². The summed E-state index contributed by atoms with van der Waals surface area (Å²) < 4.78 is 7.57. The molecule has 0 saturated heterocycles. The lowest BCUT2D eigenvalue weighted by Gasteiger charge is -2.12. The highest BCUT2D eigenvalue weighted by atomic mass is 127. The zero-order valence-electron chi connectivity index (χ0n) is 15.6. The Labute approximate surface area is 171 Å². The van der Waals surface area contributed by atoms with E-state index >= 15 is 0 Å². The molecule has 8 heteroatoms. The van der Waals surface area contributed by atoms with E-state index in [9.17, 15) is 0 Å². The van der Waals surface area contributed by atoms with Crippen molar-refractivity contribution in [1.29, 1.82) is 0 Å². The van der Waals surface area contributed by atoms with Crippen molar-refractivity contribution in [3.8, 4) is 5.75 Å². The first-order valence-electron chi connectivity index (χ1n) is 8.70. The second-order valence-electron chi connectivity index (χ2n) is 6.19. The molecule has 0 saturated carbocycles. The number of nitrogens with one attached hydrogen (secondary N) is 2. The third-order valence-electron chi connectivity index (χ3n) is 4.50. The number of ether oxygens (including phenoxy) is 1. The van der Waals surface area contributed by atoms with Gasteiger partial charge in [-0.3, -0.25) is 4.99 Å². The molecule has 1 aromatic heterocycles. The van der Waals surface area contributed by atoms with Crippen LogP contribution in [-0.4, -0.2) is 41.4 Å². The summed E-state index contributed by atoms with van der Waals surface area (Å²) in [6.45, 7) is 4.49. The standard InChI is InChI=1S/C18H26N6O.HI/c1-13-6-7-14(11-15(13)25-3)8-9-20-18(19-2)21-12-17-23-22-16-5-4-10-24(16)17;/h6-7,11H,4-5,8-10,12H2,1-3H3,(H2,19,20,21);1H. The first-order chi connectivity index (χ1) is 12.2. The number of benzene rings is 1. The SMILES string of the molecule is CN=C(NCCc1ccc(C)c(OC)c1)NCc1nnc2n1CCC2.I. The molecule has 2 N–H and O–H groups in total. The Morgan fingerprint density at radius 2 is 2.15 bits per heavy atom.